The number of hydrogen-bond donors (Lipinski definition) is 0. The molecule has 1 saturated carbocycles. The van der Waals surface area contributed by atoms with E-state index >= 15 is 0 Å². The third-order valence-electron chi connectivity index (χ3n) is 3.02. The van der Waals surface area contributed by atoms with Gasteiger partial charge in [-0.2, -0.15) is 0 Å². The summed E-state index contributed by atoms with van der Waals surface area (Å²) in [6.07, 6.45) is 4.79. The van der Waals surface area contributed by atoms with Crippen molar-refractivity contribution in [2.75, 3.05) is 20.3 Å². The zero-order valence-electron chi connectivity index (χ0n) is 9.45. The predicted molar refractivity (Wildman–Crippen MR) is 56.7 cm³/mol. The van der Waals surface area contributed by atoms with Crippen molar-refractivity contribution in [1.29, 1.82) is 0 Å². The standard InChI is InChI=1S/C12H16O4/c1-14-11(13)3-2-10-4-6-12(7-5-10)15-8-9-16-12/h3H,4-9H2,1H3. The first-order chi connectivity index (χ1) is 7.74. The predicted octanol–water partition coefficient (Wildman–Crippen LogP) is 1.56. The van der Waals surface area contributed by atoms with Crippen LogP contribution in [0.4, 0.5) is 0 Å². The topological polar surface area (TPSA) is 44.8 Å². The molecular formula is C12H16O4. The van der Waals surface area contributed by atoms with Gasteiger partial charge in [0.15, 0.2) is 5.79 Å². The largest absolute Gasteiger partial charge is 0.465 e. The van der Waals surface area contributed by atoms with Gasteiger partial charge in [0.05, 0.1) is 26.4 Å². The number of ether oxygens (including phenoxy) is 3. The van der Waals surface area contributed by atoms with Gasteiger partial charge in [0.25, 0.3) is 0 Å². The van der Waals surface area contributed by atoms with Crippen LogP contribution in [-0.2, 0) is 19.0 Å². The van der Waals surface area contributed by atoms with E-state index < -0.39 is 0 Å². The lowest BCUT2D eigenvalue weighted by molar-refractivity contribution is -0.171. The summed E-state index contributed by atoms with van der Waals surface area (Å²) in [6, 6.07) is 0. The first kappa shape index (κ1) is 11.4. The van der Waals surface area contributed by atoms with Crippen LogP contribution in [0, 0.1) is 0 Å². The molecular weight excluding hydrogens is 208 g/mol. The van der Waals surface area contributed by atoms with Crippen molar-refractivity contribution in [3.8, 4) is 0 Å². The molecule has 0 amide bonds. The Labute approximate surface area is 94.9 Å². The highest BCUT2D eigenvalue weighted by Gasteiger charge is 2.38. The molecule has 0 unspecified atom stereocenters. The van der Waals surface area contributed by atoms with Crippen LogP contribution in [-0.4, -0.2) is 32.1 Å². The van der Waals surface area contributed by atoms with Gasteiger partial charge in [-0.15, -0.1) is 5.73 Å². The Bertz CT molecular complexity index is 321. The van der Waals surface area contributed by atoms with E-state index in [1.54, 1.807) is 0 Å². The zero-order chi connectivity index (χ0) is 11.4. The number of carbonyl (C=O) groups is 1. The van der Waals surface area contributed by atoms with E-state index in [9.17, 15) is 4.79 Å². The molecule has 0 radical (unpaired) electrons. The Kier molecular flexibility index (Phi) is 3.44. The van der Waals surface area contributed by atoms with Crippen molar-refractivity contribution in [3.05, 3.63) is 17.4 Å². The first-order valence-corrected chi connectivity index (χ1v) is 5.54. The van der Waals surface area contributed by atoms with Gasteiger partial charge in [-0.25, -0.2) is 4.79 Å². The molecule has 0 aromatic heterocycles. The molecule has 2 rings (SSSR count). The smallest absolute Gasteiger partial charge is 0.338 e. The molecule has 0 aromatic rings. The molecule has 0 aromatic carbocycles. The molecule has 1 aliphatic heterocycles. The fourth-order valence-corrected chi connectivity index (χ4v) is 2.08. The number of esters is 1. The maximum atomic E-state index is 10.9. The van der Waals surface area contributed by atoms with Gasteiger partial charge in [0.1, 0.15) is 0 Å². The Morgan fingerprint density at radius 1 is 1.38 bits per heavy atom. The van der Waals surface area contributed by atoms with Crippen LogP contribution in [0.5, 0.6) is 0 Å². The van der Waals surface area contributed by atoms with Gasteiger partial charge in [-0.1, -0.05) is 0 Å². The van der Waals surface area contributed by atoms with Crippen molar-refractivity contribution in [2.45, 2.75) is 31.5 Å². The number of rotatable bonds is 1. The average molecular weight is 224 g/mol. The molecule has 1 saturated heterocycles. The van der Waals surface area contributed by atoms with E-state index in [-0.39, 0.29) is 11.8 Å². The normalized spacial score (nSPS) is 22.9. The molecule has 4 nitrogen and oxygen atoms in total. The summed E-state index contributed by atoms with van der Waals surface area (Å²) in [5, 5.41) is 0. The SMILES string of the molecule is COC(=O)C=C=C1CCC2(CC1)OCCO2. The lowest BCUT2D eigenvalue weighted by Crippen LogP contribution is -2.32. The van der Waals surface area contributed by atoms with Gasteiger partial charge in [-0.3, -0.25) is 0 Å². The molecule has 1 spiro atoms. The quantitative estimate of drug-likeness (QED) is 0.385. The first-order valence-electron chi connectivity index (χ1n) is 5.54. The van der Waals surface area contributed by atoms with E-state index in [1.165, 1.54) is 13.2 Å². The van der Waals surface area contributed by atoms with Gasteiger partial charge in [0, 0.05) is 12.8 Å². The minimum atomic E-state index is -0.360. The van der Waals surface area contributed by atoms with Crippen LogP contribution in [0.25, 0.3) is 0 Å². The molecule has 16 heavy (non-hydrogen) atoms. The van der Waals surface area contributed by atoms with Gasteiger partial charge in [0.2, 0.25) is 0 Å². The molecule has 88 valence electrons. The van der Waals surface area contributed by atoms with Crippen LogP contribution in [0.1, 0.15) is 25.7 Å². The van der Waals surface area contributed by atoms with E-state index in [0.29, 0.717) is 13.2 Å². The lowest BCUT2D eigenvalue weighted by atomic mass is 9.90. The van der Waals surface area contributed by atoms with E-state index in [1.807, 2.05) is 0 Å². The van der Waals surface area contributed by atoms with E-state index in [4.69, 9.17) is 9.47 Å². The maximum Gasteiger partial charge on any atom is 0.338 e. The number of carbonyl (C=O) groups excluding carboxylic acids is 1. The van der Waals surface area contributed by atoms with Crippen molar-refractivity contribution < 1.29 is 19.0 Å². The fourth-order valence-electron chi connectivity index (χ4n) is 2.08. The monoisotopic (exact) mass is 224 g/mol. The second kappa shape index (κ2) is 4.83. The number of hydrogen-bond acceptors (Lipinski definition) is 4. The van der Waals surface area contributed by atoms with Crippen LogP contribution < -0.4 is 0 Å². The Hall–Kier alpha value is -1.09. The third kappa shape index (κ3) is 2.53. The van der Waals surface area contributed by atoms with Crippen molar-refractivity contribution >= 4 is 5.97 Å². The third-order valence-corrected chi connectivity index (χ3v) is 3.02. The highest BCUT2D eigenvalue weighted by atomic mass is 16.7. The van der Waals surface area contributed by atoms with E-state index in [0.717, 1.165) is 31.3 Å². The fraction of sp³-hybridized carbons (Fsp3) is 0.667. The molecule has 1 aliphatic carbocycles. The molecule has 4 heteroatoms. The summed E-state index contributed by atoms with van der Waals surface area (Å²) in [7, 11) is 1.36. The van der Waals surface area contributed by atoms with Gasteiger partial charge in [-0.05, 0) is 18.4 Å². The highest BCUT2D eigenvalue weighted by molar-refractivity contribution is 5.81. The van der Waals surface area contributed by atoms with Crippen LogP contribution in [0.3, 0.4) is 0 Å². The summed E-state index contributed by atoms with van der Waals surface area (Å²) in [5.41, 5.74) is 4.12. The maximum absolute atomic E-state index is 10.9. The zero-order valence-corrected chi connectivity index (χ0v) is 9.45. The summed E-state index contributed by atoms with van der Waals surface area (Å²) in [4.78, 5) is 10.9. The van der Waals surface area contributed by atoms with Crippen molar-refractivity contribution in [1.82, 2.24) is 0 Å². The second-order valence-electron chi connectivity index (χ2n) is 4.02. The molecule has 1 heterocycles. The van der Waals surface area contributed by atoms with Crippen molar-refractivity contribution in [2.24, 2.45) is 0 Å². The van der Waals surface area contributed by atoms with Crippen LogP contribution >= 0.6 is 0 Å². The number of methoxy groups -OCH3 is 1. The van der Waals surface area contributed by atoms with Crippen molar-refractivity contribution in [3.63, 3.8) is 0 Å². The molecule has 0 atom stereocenters. The molecule has 0 bridgehead atoms. The van der Waals surface area contributed by atoms with E-state index in [2.05, 4.69) is 10.5 Å². The van der Waals surface area contributed by atoms with Gasteiger partial charge < -0.3 is 14.2 Å². The Morgan fingerprint density at radius 2 is 2.00 bits per heavy atom. The minimum absolute atomic E-state index is 0.351. The molecule has 2 aliphatic rings. The molecule has 2 fully saturated rings. The summed E-state index contributed by atoms with van der Waals surface area (Å²) in [6.45, 7) is 1.38. The summed E-state index contributed by atoms with van der Waals surface area (Å²) >= 11 is 0. The summed E-state index contributed by atoms with van der Waals surface area (Å²) < 4.78 is 15.7. The molecule has 0 N–H and O–H groups in total. The van der Waals surface area contributed by atoms with Crippen LogP contribution in [0.15, 0.2) is 17.4 Å². The highest BCUT2D eigenvalue weighted by Crippen LogP contribution is 2.37. The van der Waals surface area contributed by atoms with Crippen LogP contribution in [0.2, 0.25) is 0 Å². The average Bonchev–Trinajstić information content (AvgIpc) is 2.77. The Balaban J connectivity index is 1.94. The lowest BCUT2D eigenvalue weighted by Gasteiger charge is -2.31. The second-order valence-corrected chi connectivity index (χ2v) is 4.02. The summed E-state index contributed by atoms with van der Waals surface area (Å²) in [5.74, 6) is -0.711. The Morgan fingerprint density at radius 3 is 2.56 bits per heavy atom. The van der Waals surface area contributed by atoms with Gasteiger partial charge >= 0.3 is 5.97 Å². The minimum Gasteiger partial charge on any atom is -0.465 e.